The fourth-order valence-electron chi connectivity index (χ4n) is 7.11. The molecule has 2 nitrogen and oxygen atoms in total. The van der Waals surface area contributed by atoms with Crippen LogP contribution in [0.1, 0.15) is 11.3 Å². The molecule has 0 atom stereocenters. The molecular formula is C48H34N2. The fourth-order valence-corrected chi connectivity index (χ4v) is 7.11. The molecule has 1 aromatic heterocycles. The van der Waals surface area contributed by atoms with E-state index < -0.39 is 0 Å². The maximum atomic E-state index is 2.44. The van der Waals surface area contributed by atoms with Crippen LogP contribution in [0, 0.1) is 0 Å². The highest BCUT2D eigenvalue weighted by atomic mass is 15.2. The number of aromatic nitrogens is 1. The predicted octanol–water partition coefficient (Wildman–Crippen LogP) is 12.8. The smallest absolute Gasteiger partial charge is 0.0710 e. The summed E-state index contributed by atoms with van der Waals surface area (Å²) in [5.41, 5.74) is 15.2. The summed E-state index contributed by atoms with van der Waals surface area (Å²) in [6.45, 7) is 0. The van der Waals surface area contributed by atoms with Crippen molar-refractivity contribution in [3.8, 4) is 39.1 Å². The fraction of sp³-hybridized carbons (Fsp3) is 0. The van der Waals surface area contributed by atoms with E-state index >= 15 is 0 Å². The van der Waals surface area contributed by atoms with Gasteiger partial charge in [-0.1, -0.05) is 158 Å². The van der Waals surface area contributed by atoms with Gasteiger partial charge in [-0.2, -0.15) is 0 Å². The zero-order chi connectivity index (χ0) is 33.3. The van der Waals surface area contributed by atoms with Crippen LogP contribution in [-0.4, -0.2) is 4.57 Å². The standard InChI is InChI=1S/C48H34N2/c1-5-14-35(15-6-1)16-13-23-45-48-34-42-32-40(37-19-9-3-10-20-37)26-30-44(42)50(48)46-31-27-41(38-21-11-4-12-22-38)33-47(46)49(45)43-28-24-39(25-29-43)36-17-7-2-8-18-36/h1-34H/b16-13+,45-23+. The zero-order valence-corrected chi connectivity index (χ0v) is 27.5. The molecular weight excluding hydrogens is 605 g/mol. The van der Waals surface area contributed by atoms with E-state index in [1.165, 1.54) is 49.8 Å². The van der Waals surface area contributed by atoms with Crippen LogP contribution in [0.25, 0.3) is 61.7 Å². The van der Waals surface area contributed by atoms with Crippen LogP contribution in [0.5, 0.6) is 0 Å². The Hall–Kier alpha value is -6.64. The van der Waals surface area contributed by atoms with E-state index in [1.807, 2.05) is 0 Å². The molecule has 0 saturated heterocycles. The lowest BCUT2D eigenvalue weighted by molar-refractivity contribution is 1.04. The van der Waals surface area contributed by atoms with Crippen LogP contribution in [0.4, 0.5) is 11.4 Å². The number of hydrogen-bond donors (Lipinski definition) is 0. The van der Waals surface area contributed by atoms with Crippen molar-refractivity contribution in [2.75, 3.05) is 4.90 Å². The van der Waals surface area contributed by atoms with Crippen molar-refractivity contribution in [3.05, 3.63) is 211 Å². The molecule has 0 fully saturated rings. The summed E-state index contributed by atoms with van der Waals surface area (Å²) < 4.78 is 2.44. The molecule has 0 saturated carbocycles. The average Bonchev–Trinajstić information content (AvgIpc) is 3.58. The van der Waals surface area contributed by atoms with Crippen molar-refractivity contribution < 1.29 is 0 Å². The first-order chi connectivity index (χ1) is 24.8. The molecule has 2 heterocycles. The Morgan fingerprint density at radius 1 is 0.400 bits per heavy atom. The lowest BCUT2D eigenvalue weighted by Crippen LogP contribution is -2.24. The van der Waals surface area contributed by atoms with Gasteiger partial charge in [0.25, 0.3) is 0 Å². The number of rotatable bonds is 6. The molecule has 0 bridgehead atoms. The summed E-state index contributed by atoms with van der Waals surface area (Å²) in [6, 6.07) is 67.4. The van der Waals surface area contributed by atoms with Crippen molar-refractivity contribution in [2.24, 2.45) is 0 Å². The average molecular weight is 639 g/mol. The van der Waals surface area contributed by atoms with Crippen LogP contribution in [0.2, 0.25) is 0 Å². The molecule has 0 amide bonds. The highest BCUT2D eigenvalue weighted by Crippen LogP contribution is 2.47. The van der Waals surface area contributed by atoms with Crippen molar-refractivity contribution in [2.45, 2.75) is 0 Å². The summed E-state index contributed by atoms with van der Waals surface area (Å²) >= 11 is 0. The normalized spacial score (nSPS) is 13.1. The molecule has 0 radical (unpaired) electrons. The molecule has 0 aliphatic carbocycles. The van der Waals surface area contributed by atoms with Crippen molar-refractivity contribution in [3.63, 3.8) is 0 Å². The number of hydrogen-bond acceptors (Lipinski definition) is 1. The zero-order valence-electron chi connectivity index (χ0n) is 27.5. The van der Waals surface area contributed by atoms with Crippen LogP contribution < -0.4 is 4.90 Å². The summed E-state index contributed by atoms with van der Waals surface area (Å²) in [5, 5.41) is 1.21. The Balaban J connectivity index is 1.28. The number of anilines is 2. The number of allylic oxidation sites excluding steroid dienone is 2. The third-order valence-corrected chi connectivity index (χ3v) is 9.55. The monoisotopic (exact) mass is 638 g/mol. The number of benzene rings is 7. The van der Waals surface area contributed by atoms with Gasteiger partial charge in [0.1, 0.15) is 0 Å². The molecule has 0 unspecified atom stereocenters. The SMILES string of the molecule is C(=C\c1ccccc1)/C=C1\c2cc3cc(-c4ccccc4)ccc3n2-c2ccc(-c3ccccc3)cc2N1c1ccc(-c2ccccc2)cc1. The van der Waals surface area contributed by atoms with E-state index in [0.29, 0.717) is 0 Å². The Bertz CT molecular complexity index is 2490. The van der Waals surface area contributed by atoms with Gasteiger partial charge in [-0.25, -0.2) is 0 Å². The molecule has 2 heteroatoms. The molecule has 1 aliphatic heterocycles. The van der Waals surface area contributed by atoms with Gasteiger partial charge in [0.15, 0.2) is 0 Å². The minimum Gasteiger partial charge on any atom is -0.306 e. The van der Waals surface area contributed by atoms with Crippen LogP contribution in [-0.2, 0) is 0 Å². The number of nitrogens with zero attached hydrogens (tertiary/aromatic N) is 2. The van der Waals surface area contributed by atoms with Gasteiger partial charge in [-0.3, -0.25) is 0 Å². The van der Waals surface area contributed by atoms with E-state index in [9.17, 15) is 0 Å². The quantitative estimate of drug-likeness (QED) is 0.176. The first kappa shape index (κ1) is 29.5. The molecule has 236 valence electrons. The van der Waals surface area contributed by atoms with E-state index in [4.69, 9.17) is 0 Å². The highest BCUT2D eigenvalue weighted by Gasteiger charge is 2.30. The van der Waals surface area contributed by atoms with E-state index in [1.54, 1.807) is 0 Å². The first-order valence-electron chi connectivity index (χ1n) is 17.1. The summed E-state index contributed by atoms with van der Waals surface area (Å²) in [5.74, 6) is 0. The van der Waals surface area contributed by atoms with Gasteiger partial charge < -0.3 is 9.47 Å². The van der Waals surface area contributed by atoms with Crippen LogP contribution in [0.15, 0.2) is 200 Å². The second-order valence-corrected chi connectivity index (χ2v) is 12.6. The van der Waals surface area contributed by atoms with Gasteiger partial charge in [-0.15, -0.1) is 0 Å². The second-order valence-electron chi connectivity index (χ2n) is 12.6. The topological polar surface area (TPSA) is 8.17 Å². The molecule has 1 aliphatic rings. The van der Waals surface area contributed by atoms with Crippen molar-refractivity contribution in [1.29, 1.82) is 0 Å². The van der Waals surface area contributed by atoms with Gasteiger partial charge in [0, 0.05) is 11.1 Å². The lowest BCUT2D eigenvalue weighted by Gasteiger charge is -2.35. The third kappa shape index (κ3) is 5.43. The molecule has 0 spiro atoms. The van der Waals surface area contributed by atoms with Gasteiger partial charge >= 0.3 is 0 Å². The van der Waals surface area contributed by atoms with Gasteiger partial charge in [0.2, 0.25) is 0 Å². The maximum Gasteiger partial charge on any atom is 0.0710 e. The largest absolute Gasteiger partial charge is 0.306 e. The summed E-state index contributed by atoms with van der Waals surface area (Å²) in [6.07, 6.45) is 6.62. The molecule has 7 aromatic carbocycles. The maximum absolute atomic E-state index is 2.44. The van der Waals surface area contributed by atoms with Gasteiger partial charge in [-0.05, 0) is 87.5 Å². The minimum atomic E-state index is 1.11. The van der Waals surface area contributed by atoms with Crippen molar-refractivity contribution >= 4 is 34.1 Å². The molecule has 8 aromatic rings. The first-order valence-corrected chi connectivity index (χ1v) is 17.1. The van der Waals surface area contributed by atoms with Crippen LogP contribution in [0.3, 0.4) is 0 Å². The Kier molecular flexibility index (Phi) is 7.53. The Morgan fingerprint density at radius 3 is 1.56 bits per heavy atom. The minimum absolute atomic E-state index is 1.11. The number of fused-ring (bicyclic) bond motifs is 5. The lowest BCUT2D eigenvalue weighted by atomic mass is 10.00. The van der Waals surface area contributed by atoms with Crippen LogP contribution >= 0.6 is 0 Å². The predicted molar refractivity (Wildman–Crippen MR) is 212 cm³/mol. The summed E-state index contributed by atoms with van der Waals surface area (Å²) in [7, 11) is 0. The van der Waals surface area contributed by atoms with E-state index in [0.717, 1.165) is 28.5 Å². The highest BCUT2D eigenvalue weighted by molar-refractivity contribution is 6.02. The van der Waals surface area contributed by atoms with Gasteiger partial charge in [0.05, 0.1) is 28.3 Å². The summed E-state index contributed by atoms with van der Waals surface area (Å²) in [4.78, 5) is 2.43. The molecule has 0 N–H and O–H groups in total. The Labute approximate surface area is 293 Å². The molecule has 50 heavy (non-hydrogen) atoms. The molecule has 9 rings (SSSR count). The Morgan fingerprint density at radius 2 is 0.920 bits per heavy atom. The second kappa shape index (κ2) is 12.8. The van der Waals surface area contributed by atoms with Crippen molar-refractivity contribution in [1.82, 2.24) is 4.57 Å². The van der Waals surface area contributed by atoms with E-state index in [-0.39, 0.29) is 0 Å². The van der Waals surface area contributed by atoms with E-state index in [2.05, 4.69) is 216 Å². The third-order valence-electron chi connectivity index (χ3n) is 9.55.